The van der Waals surface area contributed by atoms with E-state index in [1.54, 1.807) is 13.8 Å². The molecule has 110 valence electrons. The Kier molecular flexibility index (Phi) is 4.81. The van der Waals surface area contributed by atoms with E-state index < -0.39 is 23.2 Å². The minimum atomic E-state index is -4.52. The molecule has 0 atom stereocenters. The zero-order valence-corrected chi connectivity index (χ0v) is 13.0. The summed E-state index contributed by atoms with van der Waals surface area (Å²) >= 11 is 7.84. The van der Waals surface area contributed by atoms with Gasteiger partial charge in [-0.1, -0.05) is 12.2 Å². The summed E-state index contributed by atoms with van der Waals surface area (Å²) < 4.78 is 38.2. The smallest absolute Gasteiger partial charge is 0.391 e. The Morgan fingerprint density at radius 3 is 2.35 bits per heavy atom. The number of benzene rings is 1. The van der Waals surface area contributed by atoms with Gasteiger partial charge in [-0.15, -0.1) is 0 Å². The number of nitrogens with two attached hydrogens (primary N) is 1. The summed E-state index contributed by atoms with van der Waals surface area (Å²) in [6, 6.07) is 2.83. The molecule has 0 aromatic heterocycles. The molecular weight excluding hydrogens is 357 g/mol. The Bertz CT molecular complexity index is 558. The minimum Gasteiger partial charge on any atom is -0.391 e. The van der Waals surface area contributed by atoms with Gasteiger partial charge in [0.05, 0.1) is 21.7 Å². The van der Waals surface area contributed by atoms with Crippen molar-refractivity contribution >= 4 is 39.0 Å². The number of carbonyl (C=O) groups excluding carboxylic acids is 1. The third kappa shape index (κ3) is 3.92. The number of thiocarbonyl (C=S) groups is 1. The molecular formula is C12H12BrF3N2OS. The molecule has 0 aliphatic carbocycles. The van der Waals surface area contributed by atoms with Crippen LogP contribution in [0, 0.1) is 0 Å². The van der Waals surface area contributed by atoms with Crippen LogP contribution in [0.1, 0.15) is 29.8 Å². The summed E-state index contributed by atoms with van der Waals surface area (Å²) in [5.41, 5.74) is 3.42. The van der Waals surface area contributed by atoms with Gasteiger partial charge in [-0.25, -0.2) is 0 Å². The van der Waals surface area contributed by atoms with Crippen molar-refractivity contribution in [1.29, 1.82) is 0 Å². The second kappa shape index (κ2) is 5.69. The molecule has 1 amide bonds. The van der Waals surface area contributed by atoms with Gasteiger partial charge in [-0.05, 0) is 48.0 Å². The molecule has 0 fully saturated rings. The monoisotopic (exact) mass is 368 g/mol. The lowest BCUT2D eigenvalue weighted by Gasteiger charge is -2.25. The fourth-order valence-corrected chi connectivity index (χ4v) is 1.77. The highest BCUT2D eigenvalue weighted by Crippen LogP contribution is 2.32. The zero-order valence-electron chi connectivity index (χ0n) is 10.6. The highest BCUT2D eigenvalue weighted by Gasteiger charge is 2.32. The lowest BCUT2D eigenvalue weighted by Crippen LogP contribution is -2.52. The number of carbonyl (C=O) groups is 1. The molecule has 0 aliphatic heterocycles. The van der Waals surface area contributed by atoms with Crippen molar-refractivity contribution in [2.75, 3.05) is 0 Å². The average molecular weight is 369 g/mol. The Labute approximate surface area is 127 Å². The SMILES string of the molecule is CC(C)(NC(=O)c1cc(C(F)(F)F)ccc1Br)C(N)=S. The first-order chi connectivity index (χ1) is 8.95. The first kappa shape index (κ1) is 16.9. The molecule has 0 bridgehead atoms. The van der Waals surface area contributed by atoms with E-state index in [9.17, 15) is 18.0 Å². The Morgan fingerprint density at radius 1 is 1.35 bits per heavy atom. The average Bonchev–Trinajstić information content (AvgIpc) is 2.26. The number of alkyl halides is 3. The fourth-order valence-electron chi connectivity index (χ4n) is 1.29. The molecule has 0 saturated heterocycles. The summed E-state index contributed by atoms with van der Waals surface area (Å²) in [6.45, 7) is 3.13. The molecule has 8 heteroatoms. The first-order valence-electron chi connectivity index (χ1n) is 5.44. The molecule has 1 aromatic rings. The molecule has 1 aromatic carbocycles. The molecule has 0 unspecified atom stereocenters. The van der Waals surface area contributed by atoms with Crippen LogP contribution in [0.4, 0.5) is 13.2 Å². The molecule has 3 N–H and O–H groups in total. The van der Waals surface area contributed by atoms with E-state index in [1.807, 2.05) is 0 Å². The van der Waals surface area contributed by atoms with Crippen LogP contribution in [-0.4, -0.2) is 16.4 Å². The highest BCUT2D eigenvalue weighted by molar-refractivity contribution is 9.10. The largest absolute Gasteiger partial charge is 0.416 e. The first-order valence-corrected chi connectivity index (χ1v) is 6.64. The number of nitrogens with one attached hydrogen (secondary N) is 1. The number of rotatable bonds is 3. The second-order valence-electron chi connectivity index (χ2n) is 4.64. The minimum absolute atomic E-state index is 0.0361. The standard InChI is InChI=1S/C12H12BrF3N2OS/c1-11(2,10(17)20)18-9(19)7-5-6(12(14,15)16)3-4-8(7)13/h3-5H,1-2H3,(H2,17,20)(H,18,19). The van der Waals surface area contributed by atoms with Gasteiger partial charge in [0.1, 0.15) is 0 Å². The number of amides is 1. The molecule has 0 radical (unpaired) electrons. The van der Waals surface area contributed by atoms with Gasteiger partial charge in [0, 0.05) is 4.47 Å². The quantitative estimate of drug-likeness (QED) is 0.805. The summed E-state index contributed by atoms with van der Waals surface area (Å²) in [6.07, 6.45) is -4.52. The highest BCUT2D eigenvalue weighted by atomic mass is 79.9. The Balaban J connectivity index is 3.14. The van der Waals surface area contributed by atoms with Crippen LogP contribution in [-0.2, 0) is 6.18 Å². The zero-order chi connectivity index (χ0) is 15.7. The Morgan fingerprint density at radius 2 is 1.90 bits per heavy atom. The topological polar surface area (TPSA) is 55.1 Å². The third-order valence-corrected chi connectivity index (χ3v) is 3.78. The van der Waals surface area contributed by atoms with Gasteiger partial charge in [-0.2, -0.15) is 13.2 Å². The molecule has 0 aliphatic rings. The van der Waals surface area contributed by atoms with Gasteiger partial charge < -0.3 is 11.1 Å². The predicted octanol–water partition coefficient (Wildman–Crippen LogP) is 3.26. The maximum absolute atomic E-state index is 12.6. The molecule has 0 heterocycles. The van der Waals surface area contributed by atoms with E-state index in [0.717, 1.165) is 12.1 Å². The van der Waals surface area contributed by atoms with Crippen LogP contribution in [0.15, 0.2) is 22.7 Å². The van der Waals surface area contributed by atoms with Gasteiger partial charge in [0.25, 0.3) is 5.91 Å². The summed E-state index contributed by atoms with van der Waals surface area (Å²) in [4.78, 5) is 12.1. The normalized spacial score (nSPS) is 12.1. The third-order valence-electron chi connectivity index (χ3n) is 2.58. The Hall–Kier alpha value is -1.15. The van der Waals surface area contributed by atoms with Crippen LogP contribution in [0.3, 0.4) is 0 Å². The lowest BCUT2D eigenvalue weighted by molar-refractivity contribution is -0.137. The van der Waals surface area contributed by atoms with Crippen molar-refractivity contribution in [1.82, 2.24) is 5.32 Å². The lowest BCUT2D eigenvalue weighted by atomic mass is 10.0. The van der Waals surface area contributed by atoms with Crippen LogP contribution < -0.4 is 11.1 Å². The van der Waals surface area contributed by atoms with Gasteiger partial charge in [0.2, 0.25) is 0 Å². The van der Waals surface area contributed by atoms with Crippen LogP contribution in [0.25, 0.3) is 0 Å². The molecule has 20 heavy (non-hydrogen) atoms. The molecule has 3 nitrogen and oxygen atoms in total. The van der Waals surface area contributed by atoms with Crippen molar-refractivity contribution in [3.63, 3.8) is 0 Å². The van der Waals surface area contributed by atoms with E-state index in [2.05, 4.69) is 21.2 Å². The van der Waals surface area contributed by atoms with Gasteiger partial charge in [-0.3, -0.25) is 4.79 Å². The van der Waals surface area contributed by atoms with Crippen LogP contribution >= 0.6 is 28.1 Å². The predicted molar refractivity (Wildman–Crippen MR) is 77.5 cm³/mol. The van der Waals surface area contributed by atoms with Crippen molar-refractivity contribution in [2.45, 2.75) is 25.6 Å². The molecule has 0 spiro atoms. The maximum Gasteiger partial charge on any atom is 0.416 e. The molecule has 1 rings (SSSR count). The van der Waals surface area contributed by atoms with Crippen molar-refractivity contribution < 1.29 is 18.0 Å². The summed E-state index contributed by atoms with van der Waals surface area (Å²) in [5, 5.41) is 2.49. The summed E-state index contributed by atoms with van der Waals surface area (Å²) in [5.74, 6) is -0.694. The molecule has 0 saturated carbocycles. The van der Waals surface area contributed by atoms with Crippen molar-refractivity contribution in [3.05, 3.63) is 33.8 Å². The van der Waals surface area contributed by atoms with Gasteiger partial charge >= 0.3 is 6.18 Å². The maximum atomic E-state index is 12.6. The van der Waals surface area contributed by atoms with Crippen molar-refractivity contribution in [2.24, 2.45) is 5.73 Å². The van der Waals surface area contributed by atoms with Crippen molar-refractivity contribution in [3.8, 4) is 0 Å². The van der Waals surface area contributed by atoms with E-state index in [1.165, 1.54) is 6.07 Å². The van der Waals surface area contributed by atoms with E-state index >= 15 is 0 Å². The van der Waals surface area contributed by atoms with E-state index in [4.69, 9.17) is 18.0 Å². The van der Waals surface area contributed by atoms with Crippen LogP contribution in [0.5, 0.6) is 0 Å². The van der Waals surface area contributed by atoms with Crippen LogP contribution in [0.2, 0.25) is 0 Å². The number of halogens is 4. The number of hydrogen-bond donors (Lipinski definition) is 2. The summed E-state index contributed by atoms with van der Waals surface area (Å²) in [7, 11) is 0. The fraction of sp³-hybridized carbons (Fsp3) is 0.333. The second-order valence-corrected chi connectivity index (χ2v) is 5.93. The van der Waals surface area contributed by atoms with Gasteiger partial charge in [0.15, 0.2) is 0 Å². The number of hydrogen-bond acceptors (Lipinski definition) is 2. The van der Waals surface area contributed by atoms with E-state index in [-0.39, 0.29) is 15.0 Å². The van der Waals surface area contributed by atoms with E-state index in [0.29, 0.717) is 0 Å².